The number of nitrogens with zero attached hydrogens (tertiary/aromatic N) is 4. The number of piperazine rings is 1. The molecular formula is C19H25N5O3. The Labute approximate surface area is 159 Å². The molecule has 2 heterocycles. The van der Waals surface area contributed by atoms with E-state index in [2.05, 4.69) is 27.2 Å². The standard InChI is InChI=1S/C19H25N5O3/c1-13-11-15(18(25)24-9-7-23(2)8-10-24)22-19(20-13)21-14-5-6-16(26-3)17(12-14)27-4/h5-6,11-12H,7-10H2,1-4H3,(H,20,21,22). The summed E-state index contributed by atoms with van der Waals surface area (Å²) >= 11 is 0. The number of nitrogens with one attached hydrogen (secondary N) is 1. The molecule has 8 nitrogen and oxygen atoms in total. The summed E-state index contributed by atoms with van der Waals surface area (Å²) < 4.78 is 10.6. The Kier molecular flexibility index (Phi) is 5.75. The second kappa shape index (κ2) is 8.22. The fourth-order valence-electron chi connectivity index (χ4n) is 2.95. The quantitative estimate of drug-likeness (QED) is 0.860. The van der Waals surface area contributed by atoms with Gasteiger partial charge in [0.1, 0.15) is 5.69 Å². The number of carbonyl (C=O) groups is 1. The van der Waals surface area contributed by atoms with Gasteiger partial charge in [0.2, 0.25) is 5.95 Å². The maximum Gasteiger partial charge on any atom is 0.272 e. The number of hydrogen-bond acceptors (Lipinski definition) is 7. The molecule has 1 aromatic carbocycles. The number of carbonyl (C=O) groups excluding carboxylic acids is 1. The van der Waals surface area contributed by atoms with Gasteiger partial charge in [0, 0.05) is 43.6 Å². The minimum absolute atomic E-state index is 0.0658. The summed E-state index contributed by atoms with van der Waals surface area (Å²) in [6, 6.07) is 7.16. The summed E-state index contributed by atoms with van der Waals surface area (Å²) in [6.45, 7) is 5.00. The molecule has 2 aromatic rings. The minimum Gasteiger partial charge on any atom is -0.493 e. The lowest BCUT2D eigenvalue weighted by molar-refractivity contribution is 0.0658. The SMILES string of the molecule is COc1ccc(Nc2nc(C)cc(C(=O)N3CCN(C)CC3)n2)cc1OC. The molecule has 1 aliphatic heterocycles. The third kappa shape index (κ3) is 4.46. The smallest absolute Gasteiger partial charge is 0.272 e. The van der Waals surface area contributed by atoms with Gasteiger partial charge in [-0.15, -0.1) is 0 Å². The fourth-order valence-corrected chi connectivity index (χ4v) is 2.95. The van der Waals surface area contributed by atoms with E-state index in [1.807, 2.05) is 17.9 Å². The fraction of sp³-hybridized carbons (Fsp3) is 0.421. The van der Waals surface area contributed by atoms with Crippen molar-refractivity contribution < 1.29 is 14.3 Å². The van der Waals surface area contributed by atoms with Gasteiger partial charge in [-0.25, -0.2) is 9.97 Å². The lowest BCUT2D eigenvalue weighted by atomic mass is 10.2. The van der Waals surface area contributed by atoms with Gasteiger partial charge in [-0.1, -0.05) is 0 Å². The molecule has 0 radical (unpaired) electrons. The van der Waals surface area contributed by atoms with Crippen LogP contribution in [0.1, 0.15) is 16.2 Å². The molecule has 0 aliphatic carbocycles. The Bertz CT molecular complexity index is 819. The molecular weight excluding hydrogens is 346 g/mol. The van der Waals surface area contributed by atoms with Gasteiger partial charge in [-0.05, 0) is 32.2 Å². The van der Waals surface area contributed by atoms with E-state index in [0.717, 1.165) is 24.5 Å². The van der Waals surface area contributed by atoms with Crippen LogP contribution in [0.5, 0.6) is 11.5 Å². The van der Waals surface area contributed by atoms with Crippen LogP contribution < -0.4 is 14.8 Å². The predicted octanol–water partition coefficient (Wildman–Crippen LogP) is 1.93. The Morgan fingerprint density at radius 2 is 1.74 bits per heavy atom. The van der Waals surface area contributed by atoms with Crippen molar-refractivity contribution in [3.63, 3.8) is 0 Å². The molecule has 0 atom stereocenters. The number of aromatic nitrogens is 2. The molecule has 3 rings (SSSR count). The highest BCUT2D eigenvalue weighted by atomic mass is 16.5. The van der Waals surface area contributed by atoms with Crippen molar-refractivity contribution in [1.82, 2.24) is 19.8 Å². The summed E-state index contributed by atoms with van der Waals surface area (Å²) in [5.74, 6) is 1.55. The van der Waals surface area contributed by atoms with Crippen molar-refractivity contribution in [1.29, 1.82) is 0 Å². The highest BCUT2D eigenvalue weighted by Gasteiger charge is 2.22. The number of hydrogen-bond donors (Lipinski definition) is 1. The Morgan fingerprint density at radius 1 is 1.04 bits per heavy atom. The number of aryl methyl sites for hydroxylation is 1. The van der Waals surface area contributed by atoms with Crippen LogP contribution in [0.3, 0.4) is 0 Å². The third-order valence-electron chi connectivity index (χ3n) is 4.50. The number of likely N-dealkylation sites (N-methyl/N-ethyl adjacent to an activating group) is 1. The largest absolute Gasteiger partial charge is 0.493 e. The van der Waals surface area contributed by atoms with Crippen LogP contribution >= 0.6 is 0 Å². The number of rotatable bonds is 5. The normalized spacial score (nSPS) is 14.7. The molecule has 1 aliphatic rings. The van der Waals surface area contributed by atoms with Gasteiger partial charge in [-0.2, -0.15) is 0 Å². The monoisotopic (exact) mass is 371 g/mol. The molecule has 1 N–H and O–H groups in total. The van der Waals surface area contributed by atoms with E-state index in [9.17, 15) is 4.79 Å². The topological polar surface area (TPSA) is 79.8 Å². The number of benzene rings is 1. The van der Waals surface area contributed by atoms with Gasteiger partial charge in [0.15, 0.2) is 11.5 Å². The predicted molar refractivity (Wildman–Crippen MR) is 103 cm³/mol. The number of ether oxygens (including phenoxy) is 2. The third-order valence-corrected chi connectivity index (χ3v) is 4.50. The second-order valence-electron chi connectivity index (χ2n) is 6.51. The van der Waals surface area contributed by atoms with Crippen LogP contribution in [0.15, 0.2) is 24.3 Å². The minimum atomic E-state index is -0.0658. The lowest BCUT2D eigenvalue weighted by Crippen LogP contribution is -2.47. The summed E-state index contributed by atoms with van der Waals surface area (Å²) in [5, 5.41) is 3.14. The Hall–Kier alpha value is -2.87. The van der Waals surface area contributed by atoms with Crippen molar-refractivity contribution in [3.05, 3.63) is 35.7 Å². The highest BCUT2D eigenvalue weighted by molar-refractivity contribution is 5.92. The molecule has 1 fully saturated rings. The van der Waals surface area contributed by atoms with Crippen molar-refractivity contribution in [3.8, 4) is 11.5 Å². The van der Waals surface area contributed by atoms with E-state index in [-0.39, 0.29) is 5.91 Å². The zero-order valence-electron chi connectivity index (χ0n) is 16.2. The maximum atomic E-state index is 12.8. The average molecular weight is 371 g/mol. The van der Waals surface area contributed by atoms with Crippen LogP contribution in [0.25, 0.3) is 0 Å². The molecule has 0 bridgehead atoms. The highest BCUT2D eigenvalue weighted by Crippen LogP contribution is 2.30. The Morgan fingerprint density at radius 3 is 2.41 bits per heavy atom. The average Bonchev–Trinajstić information content (AvgIpc) is 2.67. The van der Waals surface area contributed by atoms with E-state index in [0.29, 0.717) is 36.2 Å². The summed E-state index contributed by atoms with van der Waals surface area (Å²) in [5.41, 5.74) is 1.87. The molecule has 0 saturated carbocycles. The maximum absolute atomic E-state index is 12.8. The zero-order valence-corrected chi connectivity index (χ0v) is 16.2. The van der Waals surface area contributed by atoms with Crippen LogP contribution in [-0.4, -0.2) is 73.1 Å². The van der Waals surface area contributed by atoms with Crippen molar-refractivity contribution in [2.24, 2.45) is 0 Å². The molecule has 0 unspecified atom stereocenters. The molecule has 8 heteroatoms. The van der Waals surface area contributed by atoms with Gasteiger partial charge in [0.05, 0.1) is 14.2 Å². The van der Waals surface area contributed by atoms with Gasteiger partial charge < -0.3 is 24.6 Å². The van der Waals surface area contributed by atoms with Gasteiger partial charge in [-0.3, -0.25) is 4.79 Å². The first kappa shape index (κ1) is 18.9. The molecule has 27 heavy (non-hydrogen) atoms. The van der Waals surface area contributed by atoms with Crippen molar-refractivity contribution >= 4 is 17.5 Å². The first-order chi connectivity index (χ1) is 13.0. The summed E-state index contributed by atoms with van der Waals surface area (Å²) in [4.78, 5) is 25.7. The van der Waals surface area contributed by atoms with Crippen LogP contribution in [0.4, 0.5) is 11.6 Å². The number of amides is 1. The van der Waals surface area contributed by atoms with Crippen molar-refractivity contribution in [2.45, 2.75) is 6.92 Å². The zero-order chi connectivity index (χ0) is 19.4. The number of methoxy groups -OCH3 is 2. The van der Waals surface area contributed by atoms with E-state index >= 15 is 0 Å². The second-order valence-corrected chi connectivity index (χ2v) is 6.51. The first-order valence-electron chi connectivity index (χ1n) is 8.82. The molecule has 144 valence electrons. The molecule has 0 spiro atoms. The van der Waals surface area contributed by atoms with E-state index in [1.165, 1.54) is 0 Å². The first-order valence-corrected chi connectivity index (χ1v) is 8.82. The van der Waals surface area contributed by atoms with Gasteiger partial charge >= 0.3 is 0 Å². The van der Waals surface area contributed by atoms with E-state index < -0.39 is 0 Å². The van der Waals surface area contributed by atoms with Crippen molar-refractivity contribution in [2.75, 3.05) is 52.8 Å². The Balaban J connectivity index is 1.80. The van der Waals surface area contributed by atoms with Crippen LogP contribution in [0.2, 0.25) is 0 Å². The number of anilines is 2. The van der Waals surface area contributed by atoms with E-state index in [1.54, 1.807) is 32.4 Å². The van der Waals surface area contributed by atoms with Crippen LogP contribution in [-0.2, 0) is 0 Å². The van der Waals surface area contributed by atoms with E-state index in [4.69, 9.17) is 9.47 Å². The molecule has 1 amide bonds. The molecule has 1 aromatic heterocycles. The lowest BCUT2D eigenvalue weighted by Gasteiger charge is -2.32. The summed E-state index contributed by atoms with van der Waals surface area (Å²) in [7, 11) is 5.23. The summed E-state index contributed by atoms with van der Waals surface area (Å²) in [6.07, 6.45) is 0. The molecule has 1 saturated heterocycles. The van der Waals surface area contributed by atoms with Gasteiger partial charge in [0.25, 0.3) is 5.91 Å². The van der Waals surface area contributed by atoms with Crippen LogP contribution in [0, 0.1) is 6.92 Å².